The van der Waals surface area contributed by atoms with Gasteiger partial charge in [-0.25, -0.2) is 9.59 Å². The molecule has 3 aliphatic rings. The van der Waals surface area contributed by atoms with Crippen LogP contribution in [0.3, 0.4) is 0 Å². The summed E-state index contributed by atoms with van der Waals surface area (Å²) in [5.74, 6) is -1.37. The Morgan fingerprint density at radius 1 is 1.13 bits per heavy atom. The number of nitrogen functional groups attached to an aromatic ring is 1. The number of nitrogens with two attached hydrogens (primary N) is 1. The van der Waals surface area contributed by atoms with Crippen LogP contribution in [0, 0.1) is 0 Å². The maximum atomic E-state index is 9.10. The molecule has 166 valence electrons. The van der Waals surface area contributed by atoms with E-state index >= 15 is 0 Å². The van der Waals surface area contributed by atoms with Crippen molar-refractivity contribution in [2.75, 3.05) is 25.4 Å². The molecule has 2 fully saturated rings. The van der Waals surface area contributed by atoms with Gasteiger partial charge in [0.1, 0.15) is 5.75 Å². The fourth-order valence-electron chi connectivity index (χ4n) is 3.99. The molecule has 0 bridgehead atoms. The molecule has 1 saturated carbocycles. The second kappa shape index (κ2) is 8.72. The Labute approximate surface area is 182 Å². The van der Waals surface area contributed by atoms with Crippen LogP contribution < -0.4 is 10.5 Å². The van der Waals surface area contributed by atoms with E-state index in [1.54, 1.807) is 6.07 Å². The van der Waals surface area contributed by atoms with Crippen LogP contribution in [0.15, 0.2) is 10.5 Å². The van der Waals surface area contributed by atoms with Crippen molar-refractivity contribution in [2.45, 2.75) is 44.1 Å². The summed E-state index contributed by atoms with van der Waals surface area (Å²) in [4.78, 5) is 20.8. The van der Waals surface area contributed by atoms with Crippen molar-refractivity contribution in [3.05, 3.63) is 22.5 Å². The normalized spacial score (nSPS) is 18.6. The van der Waals surface area contributed by atoms with Gasteiger partial charge in [-0.1, -0.05) is 11.6 Å². The van der Waals surface area contributed by atoms with Gasteiger partial charge in [-0.3, -0.25) is 0 Å². The Morgan fingerprint density at radius 2 is 1.81 bits per heavy atom. The number of halogens is 1. The number of hydrogen-bond donors (Lipinski definition) is 3. The van der Waals surface area contributed by atoms with Crippen LogP contribution in [-0.4, -0.2) is 63.0 Å². The highest BCUT2D eigenvalue weighted by Crippen LogP contribution is 2.43. The Kier molecular flexibility index (Phi) is 6.01. The fraction of sp³-hybridized carbons (Fsp3) is 0.500. The molecule has 31 heavy (non-hydrogen) atoms. The van der Waals surface area contributed by atoms with E-state index < -0.39 is 11.9 Å². The Bertz CT molecular complexity index is 986. The molecule has 5 rings (SSSR count). The number of carbonyl (C=O) groups is 2. The smallest absolute Gasteiger partial charge is 0.414 e. The van der Waals surface area contributed by atoms with Crippen molar-refractivity contribution in [2.24, 2.45) is 0 Å². The number of likely N-dealkylation sites (tertiary alicyclic amines) is 1. The molecule has 0 radical (unpaired) electrons. The second-order valence-electron chi connectivity index (χ2n) is 7.82. The number of carboxylic acid groups (broad SMARTS) is 2. The summed E-state index contributed by atoms with van der Waals surface area (Å²) in [5, 5.41) is 23.9. The lowest BCUT2D eigenvalue weighted by molar-refractivity contribution is -0.159. The molecule has 11 heteroatoms. The lowest BCUT2D eigenvalue weighted by Gasteiger charge is -2.30. The number of rotatable bonds is 3. The lowest BCUT2D eigenvalue weighted by Crippen LogP contribution is -2.34. The molecule has 0 unspecified atom stereocenters. The molecule has 3 heterocycles. The topological polar surface area (TPSA) is 152 Å². The first-order valence-corrected chi connectivity index (χ1v) is 10.5. The number of aliphatic carboxylic acids is 2. The van der Waals surface area contributed by atoms with Crippen molar-refractivity contribution in [3.8, 4) is 17.2 Å². The average Bonchev–Trinajstić information content (AvgIpc) is 3.28. The number of nitrogens with zero attached hydrogens (tertiary/aromatic N) is 3. The van der Waals surface area contributed by atoms with E-state index in [2.05, 4.69) is 15.1 Å². The van der Waals surface area contributed by atoms with E-state index in [1.807, 2.05) is 0 Å². The zero-order valence-corrected chi connectivity index (χ0v) is 17.5. The lowest BCUT2D eigenvalue weighted by atomic mass is 9.97. The molecule has 1 aliphatic carbocycles. The van der Waals surface area contributed by atoms with E-state index in [9.17, 15) is 0 Å². The maximum Gasteiger partial charge on any atom is 0.414 e. The van der Waals surface area contributed by atoms with Crippen LogP contribution in [0.25, 0.3) is 11.5 Å². The molecule has 4 N–H and O–H groups in total. The molecular weight excluding hydrogens is 428 g/mol. The minimum atomic E-state index is -1.82. The maximum absolute atomic E-state index is 9.10. The van der Waals surface area contributed by atoms with Crippen LogP contribution >= 0.6 is 11.6 Å². The third kappa shape index (κ3) is 4.59. The highest BCUT2D eigenvalue weighted by Gasteiger charge is 2.34. The quantitative estimate of drug-likeness (QED) is 0.469. The van der Waals surface area contributed by atoms with Crippen molar-refractivity contribution >= 4 is 29.2 Å². The first kappa shape index (κ1) is 21.4. The molecule has 1 aromatic carbocycles. The van der Waals surface area contributed by atoms with Gasteiger partial charge in [-0.15, -0.1) is 10.2 Å². The van der Waals surface area contributed by atoms with Gasteiger partial charge in [-0.05, 0) is 44.8 Å². The van der Waals surface area contributed by atoms with Gasteiger partial charge in [0.2, 0.25) is 5.89 Å². The summed E-state index contributed by atoms with van der Waals surface area (Å²) in [5.41, 5.74) is 8.35. The highest BCUT2D eigenvalue weighted by molar-refractivity contribution is 6.33. The van der Waals surface area contributed by atoms with E-state index in [0.29, 0.717) is 29.1 Å². The van der Waals surface area contributed by atoms with Gasteiger partial charge in [0.15, 0.2) is 0 Å². The molecule has 0 atom stereocenters. The van der Waals surface area contributed by atoms with Crippen LogP contribution in [0.2, 0.25) is 5.02 Å². The fourth-order valence-corrected chi connectivity index (χ4v) is 4.21. The Morgan fingerprint density at radius 3 is 2.42 bits per heavy atom. The molecule has 0 amide bonds. The first-order valence-electron chi connectivity index (χ1n) is 10.1. The number of ether oxygens (including phenoxy) is 1. The highest BCUT2D eigenvalue weighted by atomic mass is 35.5. The van der Waals surface area contributed by atoms with Gasteiger partial charge < -0.3 is 30.0 Å². The number of anilines is 1. The zero-order valence-electron chi connectivity index (χ0n) is 16.7. The Hall–Kier alpha value is -2.85. The van der Waals surface area contributed by atoms with Crippen LogP contribution in [0.5, 0.6) is 5.75 Å². The van der Waals surface area contributed by atoms with Crippen molar-refractivity contribution in [1.82, 2.24) is 15.1 Å². The largest absolute Gasteiger partial charge is 0.492 e. The SMILES string of the molecule is Nc1c(Cl)cc(-c2nnc(C3CCN(C4CC4)CC3)o2)c2c1CCO2.O=C(O)C(=O)O. The van der Waals surface area contributed by atoms with E-state index in [4.69, 9.17) is 46.3 Å². The summed E-state index contributed by atoms with van der Waals surface area (Å²) < 4.78 is 11.8. The van der Waals surface area contributed by atoms with Gasteiger partial charge in [-0.2, -0.15) is 0 Å². The van der Waals surface area contributed by atoms with Crippen molar-refractivity contribution < 1.29 is 29.0 Å². The average molecular weight is 451 g/mol. The molecule has 10 nitrogen and oxygen atoms in total. The van der Waals surface area contributed by atoms with Crippen LogP contribution in [0.4, 0.5) is 5.69 Å². The molecule has 2 aromatic rings. The number of fused-ring (bicyclic) bond motifs is 1. The standard InChI is InChI=1S/C18H21ClN4O2.C2H2O4/c19-14-9-13(16-12(15(14)20)5-8-24-16)18-22-21-17(25-18)10-3-6-23(7-4-10)11-1-2-11;3-1(4)2(5)6/h9-11H,1-8,20H2;(H,3,4)(H,5,6). The van der Waals surface area contributed by atoms with Crippen molar-refractivity contribution in [3.63, 3.8) is 0 Å². The number of piperidine rings is 1. The number of aromatic nitrogens is 2. The molecule has 1 saturated heterocycles. The predicted molar refractivity (Wildman–Crippen MR) is 110 cm³/mol. The van der Waals surface area contributed by atoms with Gasteiger partial charge in [0, 0.05) is 23.9 Å². The van der Waals surface area contributed by atoms with Gasteiger partial charge in [0.05, 0.1) is 22.9 Å². The minimum absolute atomic E-state index is 0.342. The third-order valence-corrected chi connectivity index (χ3v) is 6.08. The Balaban J connectivity index is 0.000000342. The number of benzene rings is 1. The molecule has 0 spiro atoms. The summed E-state index contributed by atoms with van der Waals surface area (Å²) >= 11 is 6.28. The summed E-state index contributed by atoms with van der Waals surface area (Å²) in [7, 11) is 0. The van der Waals surface area contributed by atoms with Crippen molar-refractivity contribution in [1.29, 1.82) is 0 Å². The van der Waals surface area contributed by atoms with Gasteiger partial charge in [0.25, 0.3) is 5.89 Å². The van der Waals surface area contributed by atoms with Gasteiger partial charge >= 0.3 is 11.9 Å². The number of hydrogen-bond acceptors (Lipinski definition) is 8. The van der Waals surface area contributed by atoms with E-state index in [0.717, 1.165) is 61.2 Å². The summed E-state index contributed by atoms with van der Waals surface area (Å²) in [6, 6.07) is 2.60. The summed E-state index contributed by atoms with van der Waals surface area (Å²) in [6.45, 7) is 2.85. The second-order valence-corrected chi connectivity index (χ2v) is 8.23. The number of carboxylic acids is 2. The first-order chi connectivity index (χ1) is 14.8. The van der Waals surface area contributed by atoms with E-state index in [1.165, 1.54) is 12.8 Å². The van der Waals surface area contributed by atoms with Crippen LogP contribution in [0.1, 0.15) is 43.1 Å². The molecule has 2 aliphatic heterocycles. The van der Waals surface area contributed by atoms with Crippen LogP contribution in [-0.2, 0) is 16.0 Å². The minimum Gasteiger partial charge on any atom is -0.492 e. The molecule has 1 aromatic heterocycles. The predicted octanol–water partition coefficient (Wildman–Crippen LogP) is 2.40. The van der Waals surface area contributed by atoms with E-state index in [-0.39, 0.29) is 0 Å². The third-order valence-electron chi connectivity index (χ3n) is 5.77. The zero-order chi connectivity index (χ0) is 22.1. The molecular formula is C20H23ClN4O6. The summed E-state index contributed by atoms with van der Waals surface area (Å²) in [6.07, 6.45) is 5.64. The monoisotopic (exact) mass is 450 g/mol.